The summed E-state index contributed by atoms with van der Waals surface area (Å²) in [4.78, 5) is 68.4. The molecular weight excluding hydrogens is 725 g/mol. The fourth-order valence-electron chi connectivity index (χ4n) is 7.58. The largest absolute Gasteiger partial charge is 0.453 e. The van der Waals surface area contributed by atoms with E-state index in [0.29, 0.717) is 12.4 Å². The Kier molecular flexibility index (Phi) is 13.0. The molecule has 300 valence electrons. The van der Waals surface area contributed by atoms with Crippen LogP contribution < -0.4 is 16.0 Å². The van der Waals surface area contributed by atoms with Crippen LogP contribution in [0.25, 0.3) is 22.5 Å². The van der Waals surface area contributed by atoms with Gasteiger partial charge in [0.15, 0.2) is 0 Å². The fourth-order valence-corrected chi connectivity index (χ4v) is 7.58. The Balaban J connectivity index is 1.06. The number of methoxy groups -OCH3 is 2. The van der Waals surface area contributed by atoms with E-state index in [1.54, 1.807) is 11.1 Å². The molecule has 2 aliphatic rings. The molecule has 1 unspecified atom stereocenters. The number of ether oxygens (including phenoxy) is 2. The molecule has 1 saturated heterocycles. The van der Waals surface area contributed by atoms with Gasteiger partial charge in [0.25, 0.3) is 0 Å². The third kappa shape index (κ3) is 9.65. The number of H-pyrrole nitrogens is 2. The van der Waals surface area contributed by atoms with E-state index in [-0.39, 0.29) is 41.7 Å². The van der Waals surface area contributed by atoms with Gasteiger partial charge in [-0.25, -0.2) is 19.6 Å². The number of imidazole rings is 2. The van der Waals surface area contributed by atoms with E-state index in [1.807, 2.05) is 82.4 Å². The van der Waals surface area contributed by atoms with E-state index in [4.69, 9.17) is 14.5 Å². The minimum Gasteiger partial charge on any atom is -0.453 e. The van der Waals surface area contributed by atoms with Crippen molar-refractivity contribution in [2.75, 3.05) is 20.8 Å². The lowest BCUT2D eigenvalue weighted by molar-refractivity contribution is -0.135. The number of hydrogen-bond acceptors (Lipinski definition) is 8. The number of hydrogen-bond donors (Lipinski definition) is 5. The molecular formula is C43H52N8O6. The van der Waals surface area contributed by atoms with Gasteiger partial charge in [0, 0.05) is 29.6 Å². The van der Waals surface area contributed by atoms with Gasteiger partial charge in [-0.15, -0.1) is 0 Å². The number of carbonyl (C=O) groups is 4. The minimum absolute atomic E-state index is 0.0367. The maximum atomic E-state index is 13.5. The normalized spacial score (nSPS) is 18.7. The summed E-state index contributed by atoms with van der Waals surface area (Å²) >= 11 is 0. The highest BCUT2D eigenvalue weighted by atomic mass is 16.5. The number of alkyl carbamates (subject to hydrolysis) is 2. The maximum Gasteiger partial charge on any atom is 0.407 e. The molecule has 4 aromatic rings. The van der Waals surface area contributed by atoms with Gasteiger partial charge < -0.3 is 40.3 Å². The van der Waals surface area contributed by atoms with Crippen LogP contribution in [0.1, 0.15) is 94.5 Å². The molecule has 5 N–H and O–H groups in total. The van der Waals surface area contributed by atoms with E-state index in [0.717, 1.165) is 71.6 Å². The average Bonchev–Trinajstić information content (AvgIpc) is 4.05. The second-order valence-corrected chi connectivity index (χ2v) is 15.3. The first-order chi connectivity index (χ1) is 27.4. The van der Waals surface area contributed by atoms with Crippen molar-refractivity contribution >= 4 is 24.0 Å². The van der Waals surface area contributed by atoms with E-state index in [9.17, 15) is 19.2 Å². The van der Waals surface area contributed by atoms with Crippen molar-refractivity contribution in [2.24, 2.45) is 11.8 Å². The standard InChI is InChI=1S/C43H52N8O6/c1-25(2)36(49-42(54)56-5)40(52)48-32-10-7-9-31(32)38-44-23-33(46-38)29-18-14-27(15-19-29)12-13-28-16-20-30(21-17-28)34-24-45-39(47-34)35-11-8-22-51(35)41(53)37(26(3)4)50-43(55)57-6/h14-21,23-26,31-32,35-37H,7-11,22H2,1-6H3,(H,44,46)(H,45,47)(H,48,52)(H,49,54)(H,50,55)/t31-,32-,35-,36-,37?/m0/s1. The summed E-state index contributed by atoms with van der Waals surface area (Å²) in [5.41, 5.74) is 5.39. The molecule has 4 amide bonds. The number of likely N-dealkylation sites (tertiary alicyclic amines) is 1. The molecule has 1 saturated carbocycles. The van der Waals surface area contributed by atoms with Crippen molar-refractivity contribution in [1.82, 2.24) is 40.8 Å². The van der Waals surface area contributed by atoms with Gasteiger partial charge in [-0.1, -0.05) is 70.2 Å². The summed E-state index contributed by atoms with van der Waals surface area (Å²) in [5.74, 6) is 7.50. The average molecular weight is 777 g/mol. The van der Waals surface area contributed by atoms with Crippen molar-refractivity contribution in [2.45, 2.75) is 89.9 Å². The lowest BCUT2D eigenvalue weighted by Crippen LogP contribution is -2.52. The Labute approximate surface area is 333 Å². The maximum absolute atomic E-state index is 13.5. The van der Waals surface area contributed by atoms with E-state index in [1.165, 1.54) is 14.2 Å². The van der Waals surface area contributed by atoms with Crippen LogP contribution in [-0.2, 0) is 19.1 Å². The Hall–Kier alpha value is -6.10. The van der Waals surface area contributed by atoms with E-state index >= 15 is 0 Å². The zero-order valence-electron chi connectivity index (χ0n) is 33.3. The first-order valence-corrected chi connectivity index (χ1v) is 19.6. The molecule has 0 radical (unpaired) electrons. The zero-order valence-corrected chi connectivity index (χ0v) is 33.3. The number of aromatic nitrogens is 4. The Bertz CT molecular complexity index is 2090. The van der Waals surface area contributed by atoms with Gasteiger partial charge in [0.2, 0.25) is 11.8 Å². The molecule has 3 heterocycles. The second-order valence-electron chi connectivity index (χ2n) is 15.3. The lowest BCUT2D eigenvalue weighted by Gasteiger charge is -2.30. The van der Waals surface area contributed by atoms with Crippen LogP contribution in [0.15, 0.2) is 60.9 Å². The molecule has 14 nitrogen and oxygen atoms in total. The highest BCUT2D eigenvalue weighted by Crippen LogP contribution is 2.35. The van der Waals surface area contributed by atoms with Gasteiger partial charge >= 0.3 is 12.2 Å². The number of nitrogens with one attached hydrogen (secondary N) is 5. The highest BCUT2D eigenvalue weighted by Gasteiger charge is 2.38. The van der Waals surface area contributed by atoms with Crippen molar-refractivity contribution in [3.63, 3.8) is 0 Å². The molecule has 0 spiro atoms. The van der Waals surface area contributed by atoms with Crippen LogP contribution >= 0.6 is 0 Å². The summed E-state index contributed by atoms with van der Waals surface area (Å²) in [7, 11) is 2.57. The van der Waals surface area contributed by atoms with Crippen molar-refractivity contribution in [3.8, 4) is 34.4 Å². The van der Waals surface area contributed by atoms with Crippen molar-refractivity contribution in [1.29, 1.82) is 0 Å². The smallest absolute Gasteiger partial charge is 0.407 e. The Morgan fingerprint density at radius 1 is 0.719 bits per heavy atom. The SMILES string of the molecule is COC(=O)NC(C(=O)N1CCC[C@H]1c1ncc(-c2ccc(C#Cc3ccc(-c4cnc([C@H]5CCC[C@@H]5NC(=O)[C@@H](NC(=O)OC)C(C)C)[nH]4)cc3)cc2)[nH]1)C(C)C. The van der Waals surface area contributed by atoms with Crippen LogP contribution in [0.3, 0.4) is 0 Å². The van der Waals surface area contributed by atoms with Crippen molar-refractivity contribution in [3.05, 3.63) is 83.7 Å². The predicted octanol–water partition coefficient (Wildman–Crippen LogP) is 6.04. The molecule has 2 aromatic heterocycles. The molecule has 14 heteroatoms. The zero-order chi connectivity index (χ0) is 40.6. The monoisotopic (exact) mass is 776 g/mol. The number of aromatic amines is 2. The lowest BCUT2D eigenvalue weighted by atomic mass is 10.00. The van der Waals surface area contributed by atoms with Gasteiger partial charge in [0.1, 0.15) is 23.7 Å². The molecule has 2 fully saturated rings. The molecule has 2 aromatic carbocycles. The Morgan fingerprint density at radius 2 is 1.25 bits per heavy atom. The third-order valence-electron chi connectivity index (χ3n) is 10.8. The topological polar surface area (TPSA) is 183 Å². The van der Waals surface area contributed by atoms with E-state index in [2.05, 4.69) is 42.7 Å². The number of nitrogens with zero attached hydrogens (tertiary/aromatic N) is 3. The number of carbonyl (C=O) groups excluding carboxylic acids is 4. The van der Waals surface area contributed by atoms with E-state index < -0.39 is 24.3 Å². The first-order valence-electron chi connectivity index (χ1n) is 19.6. The molecule has 1 aliphatic heterocycles. The quantitative estimate of drug-likeness (QED) is 0.114. The third-order valence-corrected chi connectivity index (χ3v) is 10.8. The summed E-state index contributed by atoms with van der Waals surface area (Å²) < 4.78 is 9.46. The summed E-state index contributed by atoms with van der Waals surface area (Å²) in [5, 5.41) is 8.48. The highest BCUT2D eigenvalue weighted by molar-refractivity contribution is 5.87. The van der Waals surface area contributed by atoms with Crippen LogP contribution in [0.5, 0.6) is 0 Å². The number of amides is 4. The molecule has 6 rings (SSSR count). The minimum atomic E-state index is -0.694. The van der Waals surface area contributed by atoms with Crippen LogP contribution in [0, 0.1) is 23.7 Å². The molecule has 0 bridgehead atoms. The molecule has 57 heavy (non-hydrogen) atoms. The summed E-state index contributed by atoms with van der Waals surface area (Å²) in [6, 6.07) is 14.2. The number of benzene rings is 2. The van der Waals surface area contributed by atoms with Gasteiger partial charge in [-0.05, 0) is 72.9 Å². The van der Waals surface area contributed by atoms with Crippen LogP contribution in [0.4, 0.5) is 9.59 Å². The Morgan fingerprint density at radius 3 is 1.79 bits per heavy atom. The summed E-state index contributed by atoms with van der Waals surface area (Å²) in [6.45, 7) is 8.15. The predicted molar refractivity (Wildman–Crippen MR) is 215 cm³/mol. The summed E-state index contributed by atoms with van der Waals surface area (Å²) in [6.07, 6.45) is 6.66. The fraction of sp³-hybridized carbons (Fsp3) is 0.442. The number of rotatable bonds is 11. The van der Waals surface area contributed by atoms with Crippen molar-refractivity contribution < 1.29 is 28.7 Å². The van der Waals surface area contributed by atoms with Crippen LogP contribution in [0.2, 0.25) is 0 Å². The second kappa shape index (κ2) is 18.2. The van der Waals surface area contributed by atoms with Gasteiger partial charge in [0.05, 0.1) is 44.0 Å². The van der Waals surface area contributed by atoms with Gasteiger partial charge in [-0.2, -0.15) is 0 Å². The first kappa shape index (κ1) is 40.6. The van der Waals surface area contributed by atoms with Gasteiger partial charge in [-0.3, -0.25) is 9.59 Å². The van der Waals surface area contributed by atoms with Crippen LogP contribution in [-0.4, -0.2) is 87.7 Å². The molecule has 5 atom stereocenters. The molecule has 1 aliphatic carbocycles.